The van der Waals surface area contributed by atoms with Crippen molar-refractivity contribution in [3.63, 3.8) is 0 Å². The standard InChI is InChI=1S/C60H100O6/c1-4-7-10-13-16-19-22-25-28-30-33-35-38-41-44-47-50-53-59(62)65-56-57(55-64-58(61)52-49-46-43-40-37-34-31-27-24-21-18-15-12-9-6-3)66-60(63)54-51-48-45-42-39-36-32-29-26-23-20-17-14-11-8-5-2/h7,10,16,19,21,24-25,28-29,32-33,35-36,39,41,44,57H,4-6,8-9,11-15,17-18,20,22-23,26-27,30-31,34,37-38,40,42-43,45-56H2,1-3H3/b10-7-,19-16-,24-21-,28-25-,32-29-,35-33-,39-36-,44-41-. The molecule has 0 spiro atoms. The van der Waals surface area contributed by atoms with E-state index in [2.05, 4.69) is 118 Å². The van der Waals surface area contributed by atoms with E-state index in [1.54, 1.807) is 0 Å². The van der Waals surface area contributed by atoms with E-state index in [0.29, 0.717) is 12.8 Å². The first-order valence-corrected chi connectivity index (χ1v) is 27.3. The second-order valence-electron chi connectivity index (χ2n) is 17.8. The monoisotopic (exact) mass is 917 g/mol. The van der Waals surface area contributed by atoms with E-state index < -0.39 is 6.10 Å². The van der Waals surface area contributed by atoms with Gasteiger partial charge in [-0.05, 0) is 109 Å². The lowest BCUT2D eigenvalue weighted by Crippen LogP contribution is -2.30. The molecule has 0 heterocycles. The molecule has 0 N–H and O–H groups in total. The van der Waals surface area contributed by atoms with Gasteiger partial charge in [-0.25, -0.2) is 0 Å². The zero-order chi connectivity index (χ0) is 47.9. The molecule has 376 valence electrons. The summed E-state index contributed by atoms with van der Waals surface area (Å²) in [5, 5.41) is 0. The molecule has 0 aliphatic heterocycles. The summed E-state index contributed by atoms with van der Waals surface area (Å²) in [5.41, 5.74) is 0. The number of hydrogen-bond donors (Lipinski definition) is 0. The Kier molecular flexibility index (Phi) is 50.9. The zero-order valence-electron chi connectivity index (χ0n) is 42.9. The topological polar surface area (TPSA) is 78.9 Å². The van der Waals surface area contributed by atoms with Crippen LogP contribution in [0.25, 0.3) is 0 Å². The summed E-state index contributed by atoms with van der Waals surface area (Å²) >= 11 is 0. The van der Waals surface area contributed by atoms with E-state index in [4.69, 9.17) is 14.2 Å². The van der Waals surface area contributed by atoms with E-state index >= 15 is 0 Å². The van der Waals surface area contributed by atoms with Crippen LogP contribution < -0.4 is 0 Å². The van der Waals surface area contributed by atoms with Crippen molar-refractivity contribution in [3.05, 3.63) is 97.2 Å². The molecule has 0 aromatic heterocycles. The quantitative estimate of drug-likeness (QED) is 0.0199. The highest BCUT2D eigenvalue weighted by Crippen LogP contribution is 2.13. The Morgan fingerprint density at radius 2 is 0.652 bits per heavy atom. The molecule has 0 fully saturated rings. The lowest BCUT2D eigenvalue weighted by Gasteiger charge is -2.18. The number of hydrogen-bond acceptors (Lipinski definition) is 6. The fraction of sp³-hybridized carbons (Fsp3) is 0.683. The van der Waals surface area contributed by atoms with Gasteiger partial charge in [0.1, 0.15) is 13.2 Å². The van der Waals surface area contributed by atoms with E-state index in [1.807, 2.05) is 0 Å². The summed E-state index contributed by atoms with van der Waals surface area (Å²) in [7, 11) is 0. The average Bonchev–Trinajstić information content (AvgIpc) is 3.31. The fourth-order valence-corrected chi connectivity index (χ4v) is 7.23. The smallest absolute Gasteiger partial charge is 0.306 e. The number of rotatable bonds is 48. The number of allylic oxidation sites excluding steroid dienone is 16. The molecular formula is C60H100O6. The van der Waals surface area contributed by atoms with Gasteiger partial charge in [-0.15, -0.1) is 0 Å². The number of carbonyl (C=O) groups excluding carboxylic acids is 3. The van der Waals surface area contributed by atoms with Gasteiger partial charge in [-0.1, -0.05) is 214 Å². The first-order chi connectivity index (χ1) is 32.5. The predicted octanol–water partition coefficient (Wildman–Crippen LogP) is 18.1. The highest BCUT2D eigenvalue weighted by atomic mass is 16.6. The first kappa shape index (κ1) is 62.3. The van der Waals surface area contributed by atoms with Crippen molar-refractivity contribution in [2.24, 2.45) is 0 Å². The minimum atomic E-state index is -0.817. The van der Waals surface area contributed by atoms with Gasteiger partial charge < -0.3 is 14.2 Å². The molecule has 0 rings (SSSR count). The molecule has 0 aliphatic carbocycles. The summed E-state index contributed by atoms with van der Waals surface area (Å²) in [6, 6.07) is 0. The first-order valence-electron chi connectivity index (χ1n) is 27.3. The molecule has 6 nitrogen and oxygen atoms in total. The van der Waals surface area contributed by atoms with E-state index in [1.165, 1.54) is 109 Å². The van der Waals surface area contributed by atoms with Crippen LogP contribution in [0.1, 0.15) is 245 Å². The van der Waals surface area contributed by atoms with Crippen LogP contribution in [0.15, 0.2) is 97.2 Å². The molecule has 66 heavy (non-hydrogen) atoms. The van der Waals surface area contributed by atoms with Crippen LogP contribution in [0, 0.1) is 0 Å². The van der Waals surface area contributed by atoms with Crippen molar-refractivity contribution in [2.45, 2.75) is 252 Å². The maximum Gasteiger partial charge on any atom is 0.306 e. The van der Waals surface area contributed by atoms with Crippen LogP contribution in [-0.2, 0) is 28.6 Å². The highest BCUT2D eigenvalue weighted by Gasteiger charge is 2.19. The largest absolute Gasteiger partial charge is 0.462 e. The normalized spacial score (nSPS) is 12.8. The second kappa shape index (κ2) is 53.9. The molecule has 0 saturated carbocycles. The van der Waals surface area contributed by atoms with Crippen molar-refractivity contribution in [2.75, 3.05) is 13.2 Å². The van der Waals surface area contributed by atoms with Gasteiger partial charge in [0.05, 0.1) is 0 Å². The Hall–Kier alpha value is -3.67. The van der Waals surface area contributed by atoms with Gasteiger partial charge in [0.25, 0.3) is 0 Å². The summed E-state index contributed by atoms with van der Waals surface area (Å²) < 4.78 is 16.8. The van der Waals surface area contributed by atoms with Crippen LogP contribution in [0.3, 0.4) is 0 Å². The lowest BCUT2D eigenvalue weighted by molar-refractivity contribution is -0.167. The number of carbonyl (C=O) groups is 3. The van der Waals surface area contributed by atoms with E-state index in [-0.39, 0.29) is 44.0 Å². The fourth-order valence-electron chi connectivity index (χ4n) is 7.23. The number of unbranched alkanes of at least 4 members (excludes halogenated alkanes) is 22. The molecule has 6 heteroatoms. The van der Waals surface area contributed by atoms with Crippen molar-refractivity contribution in [1.82, 2.24) is 0 Å². The van der Waals surface area contributed by atoms with Gasteiger partial charge in [0.2, 0.25) is 0 Å². The Morgan fingerprint density at radius 1 is 0.333 bits per heavy atom. The summed E-state index contributed by atoms with van der Waals surface area (Å²) in [6.45, 7) is 6.43. The van der Waals surface area contributed by atoms with Crippen LogP contribution in [-0.4, -0.2) is 37.2 Å². The maximum absolute atomic E-state index is 12.8. The number of ether oxygens (including phenoxy) is 3. The van der Waals surface area contributed by atoms with Gasteiger partial charge in [-0.2, -0.15) is 0 Å². The van der Waals surface area contributed by atoms with E-state index in [0.717, 1.165) is 89.9 Å². The molecule has 0 saturated heterocycles. The molecule has 1 unspecified atom stereocenters. The molecule has 0 bridgehead atoms. The minimum absolute atomic E-state index is 0.109. The molecule has 0 aliphatic rings. The Morgan fingerprint density at radius 3 is 1.12 bits per heavy atom. The molecular weight excluding hydrogens is 817 g/mol. The molecule has 0 aromatic carbocycles. The summed E-state index contributed by atoms with van der Waals surface area (Å²) in [5.74, 6) is -1.00. The second-order valence-corrected chi connectivity index (χ2v) is 17.8. The van der Waals surface area contributed by atoms with Crippen LogP contribution >= 0.6 is 0 Å². The summed E-state index contributed by atoms with van der Waals surface area (Å²) in [6.07, 6.45) is 71.1. The average molecular weight is 917 g/mol. The van der Waals surface area contributed by atoms with Crippen molar-refractivity contribution < 1.29 is 28.6 Å². The zero-order valence-corrected chi connectivity index (χ0v) is 42.9. The Labute approximate surface area is 407 Å². The van der Waals surface area contributed by atoms with Gasteiger partial charge in [0.15, 0.2) is 6.10 Å². The third-order valence-electron chi connectivity index (χ3n) is 11.3. The van der Waals surface area contributed by atoms with Gasteiger partial charge in [0, 0.05) is 19.3 Å². The number of esters is 3. The molecule has 0 aromatic rings. The molecule has 0 amide bonds. The SMILES string of the molecule is CC/C=C\C/C=C\C/C=C\C/C=C\C/C=C\CCCC(=O)OCC(COC(=O)CCCCCCCCC/C=C\CCCCCC)OC(=O)CCCCC/C=C\C=C/CCCCCCCCC. The van der Waals surface area contributed by atoms with Gasteiger partial charge >= 0.3 is 17.9 Å². The van der Waals surface area contributed by atoms with Crippen LogP contribution in [0.4, 0.5) is 0 Å². The third-order valence-corrected chi connectivity index (χ3v) is 11.3. The summed E-state index contributed by atoms with van der Waals surface area (Å²) in [4.78, 5) is 38.0. The molecule has 0 radical (unpaired) electrons. The highest BCUT2D eigenvalue weighted by molar-refractivity contribution is 5.71. The van der Waals surface area contributed by atoms with Crippen molar-refractivity contribution in [1.29, 1.82) is 0 Å². The van der Waals surface area contributed by atoms with Gasteiger partial charge in [-0.3, -0.25) is 14.4 Å². The van der Waals surface area contributed by atoms with Crippen molar-refractivity contribution >= 4 is 17.9 Å². The van der Waals surface area contributed by atoms with Crippen molar-refractivity contribution in [3.8, 4) is 0 Å². The molecule has 1 atom stereocenters. The minimum Gasteiger partial charge on any atom is -0.462 e. The Bertz CT molecular complexity index is 1330. The Balaban J connectivity index is 4.53. The lowest BCUT2D eigenvalue weighted by atomic mass is 10.1. The predicted molar refractivity (Wildman–Crippen MR) is 284 cm³/mol. The van der Waals surface area contributed by atoms with Crippen LogP contribution in [0.2, 0.25) is 0 Å². The third kappa shape index (κ3) is 51.3. The van der Waals surface area contributed by atoms with E-state index in [9.17, 15) is 14.4 Å². The maximum atomic E-state index is 12.8. The van der Waals surface area contributed by atoms with Crippen LogP contribution in [0.5, 0.6) is 0 Å².